The summed E-state index contributed by atoms with van der Waals surface area (Å²) in [5.74, 6) is -0.0696. The Morgan fingerprint density at radius 3 is 1.06 bits per heavy atom. The first-order chi connectivity index (χ1) is 22.5. The van der Waals surface area contributed by atoms with Crippen LogP contribution in [0.3, 0.4) is 0 Å². The number of aromatic nitrogens is 9. The van der Waals surface area contributed by atoms with Crippen molar-refractivity contribution in [3.05, 3.63) is 61.2 Å². The minimum atomic E-state index is -0.676. The summed E-state index contributed by atoms with van der Waals surface area (Å²) in [5.41, 5.74) is -0.244. The van der Waals surface area contributed by atoms with E-state index in [1.807, 2.05) is 0 Å². The second kappa shape index (κ2) is 14.0. The van der Waals surface area contributed by atoms with Gasteiger partial charge in [-0.2, -0.15) is 15.3 Å². The van der Waals surface area contributed by atoms with Crippen molar-refractivity contribution < 1.29 is 24.0 Å². The lowest BCUT2D eigenvalue weighted by Gasteiger charge is -2.22. The summed E-state index contributed by atoms with van der Waals surface area (Å²) in [6, 6.07) is -1.87. The van der Waals surface area contributed by atoms with Gasteiger partial charge in [-0.3, -0.25) is 48.3 Å². The molecule has 3 aromatic heterocycles. The van der Waals surface area contributed by atoms with E-state index in [1.165, 1.54) is 18.4 Å². The van der Waals surface area contributed by atoms with Crippen LogP contribution in [0.15, 0.2) is 26.7 Å². The van der Waals surface area contributed by atoms with Gasteiger partial charge >= 0.3 is 17.1 Å². The minimum Gasteiger partial charge on any atom is -0.329 e. The summed E-state index contributed by atoms with van der Waals surface area (Å²) in [4.78, 5) is 91.9. The largest absolute Gasteiger partial charge is 0.346 e. The molecule has 20 heteroatoms. The van der Waals surface area contributed by atoms with Crippen molar-refractivity contribution in [2.75, 3.05) is 0 Å². The molecule has 3 aliphatic rings. The number of amides is 5. The fraction of sp³-hybridized carbons (Fsp3) is 0.536. The van der Waals surface area contributed by atoms with Gasteiger partial charge in [-0.15, -0.1) is 0 Å². The fourth-order valence-corrected chi connectivity index (χ4v) is 5.11. The molecule has 3 aliphatic heterocycles. The summed E-state index contributed by atoms with van der Waals surface area (Å²) >= 11 is 0. The highest BCUT2D eigenvalue weighted by Gasteiger charge is 2.32. The van der Waals surface area contributed by atoms with Crippen molar-refractivity contribution in [1.29, 1.82) is 0 Å². The van der Waals surface area contributed by atoms with Gasteiger partial charge in [0.2, 0.25) is 17.7 Å². The molecule has 3 N–H and O–H groups in total. The summed E-state index contributed by atoms with van der Waals surface area (Å²) in [6.07, 6.45) is 2.36. The Balaban J connectivity index is 0.000000163. The first-order valence-electron chi connectivity index (χ1n) is 15.0. The predicted molar refractivity (Wildman–Crippen MR) is 165 cm³/mol. The Kier molecular flexibility index (Phi) is 10.2. The van der Waals surface area contributed by atoms with Gasteiger partial charge in [0.1, 0.15) is 35.6 Å². The molecule has 5 amide bonds. The number of piperidine rings is 3. The third-order valence-electron chi connectivity index (χ3n) is 8.29. The molecule has 0 aromatic carbocycles. The highest BCUT2D eigenvalue weighted by molar-refractivity contribution is 6.00. The van der Waals surface area contributed by atoms with E-state index in [0.717, 1.165) is 9.36 Å². The highest BCUT2D eigenvalue weighted by Crippen LogP contribution is 2.20. The zero-order valence-corrected chi connectivity index (χ0v) is 27.5. The molecule has 0 saturated carbocycles. The van der Waals surface area contributed by atoms with Crippen LogP contribution in [0.25, 0.3) is 0 Å². The van der Waals surface area contributed by atoms with E-state index >= 15 is 0 Å². The lowest BCUT2D eigenvalue weighted by molar-refractivity contribution is -0.137. The quantitative estimate of drug-likeness (QED) is 0.248. The van der Waals surface area contributed by atoms with Crippen LogP contribution in [0.4, 0.5) is 0 Å². The molecule has 20 nitrogen and oxygen atoms in total. The van der Waals surface area contributed by atoms with Crippen molar-refractivity contribution in [3.8, 4) is 0 Å². The highest BCUT2D eigenvalue weighted by atomic mass is 16.2. The van der Waals surface area contributed by atoms with Crippen molar-refractivity contribution >= 4 is 29.5 Å². The van der Waals surface area contributed by atoms with E-state index in [1.54, 1.807) is 41.9 Å². The monoisotopic (exact) mass is 670 g/mol. The SMILES string of the molecule is C=C1CCC(n2nc(C)n(C)c2=O)C(=O)N1.Cc1nn(C2CCC(=O)NC2=O)c(=O)n1C.Cc1nn(C2CCC(=O)NC2=O)c(=O)n1C. The van der Waals surface area contributed by atoms with Gasteiger partial charge in [0.25, 0.3) is 11.8 Å². The van der Waals surface area contributed by atoms with E-state index in [9.17, 15) is 38.4 Å². The van der Waals surface area contributed by atoms with Gasteiger partial charge in [-0.25, -0.2) is 28.4 Å². The van der Waals surface area contributed by atoms with Crippen molar-refractivity contribution in [2.24, 2.45) is 21.1 Å². The number of carbonyl (C=O) groups excluding carboxylic acids is 5. The van der Waals surface area contributed by atoms with Crippen LogP contribution in [0, 0.1) is 20.8 Å². The molecule has 48 heavy (non-hydrogen) atoms. The standard InChI is InChI=1S/C10H14N4O2.2C9H12N4O3/c1-6-4-5-8(9(15)11-6)14-10(16)13(3)7(2)12-14;2*1-5-11-13(9(16)12(5)2)6-3-4-7(14)10-8(6)15/h8H,1,4-5H2,2-3H3,(H,11,15);2*6H,3-4H2,1-2H3,(H,10,14,15). The zero-order valence-electron chi connectivity index (χ0n) is 27.5. The fourth-order valence-electron chi connectivity index (χ4n) is 5.11. The average molecular weight is 671 g/mol. The lowest BCUT2D eigenvalue weighted by Crippen LogP contribution is -2.44. The minimum absolute atomic E-state index is 0.212. The molecule has 3 unspecified atom stereocenters. The third kappa shape index (κ3) is 7.15. The number of nitrogens with one attached hydrogen (secondary N) is 3. The van der Waals surface area contributed by atoms with Crippen LogP contribution in [0.5, 0.6) is 0 Å². The molecule has 6 rings (SSSR count). The third-order valence-corrected chi connectivity index (χ3v) is 8.29. The second-order valence-electron chi connectivity index (χ2n) is 11.6. The predicted octanol–water partition coefficient (Wildman–Crippen LogP) is -2.41. The van der Waals surface area contributed by atoms with E-state index in [-0.39, 0.29) is 47.6 Å². The van der Waals surface area contributed by atoms with Gasteiger partial charge < -0.3 is 5.32 Å². The van der Waals surface area contributed by atoms with Gasteiger partial charge in [0.15, 0.2) is 0 Å². The Labute approximate surface area is 272 Å². The number of imide groups is 2. The van der Waals surface area contributed by atoms with Crippen LogP contribution in [0.2, 0.25) is 0 Å². The smallest absolute Gasteiger partial charge is 0.329 e. The number of hydrogen-bond donors (Lipinski definition) is 3. The Morgan fingerprint density at radius 2 is 0.812 bits per heavy atom. The second-order valence-corrected chi connectivity index (χ2v) is 11.6. The van der Waals surface area contributed by atoms with Gasteiger partial charge in [-0.05, 0) is 46.5 Å². The molecule has 3 aromatic rings. The van der Waals surface area contributed by atoms with Crippen LogP contribution in [-0.4, -0.2) is 72.6 Å². The number of nitrogens with zero attached hydrogens (tertiary/aromatic N) is 9. The van der Waals surface area contributed by atoms with Crippen molar-refractivity contribution in [3.63, 3.8) is 0 Å². The van der Waals surface area contributed by atoms with E-state index in [4.69, 9.17) is 0 Å². The molecule has 6 heterocycles. The maximum absolute atomic E-state index is 11.8. The van der Waals surface area contributed by atoms with Gasteiger partial charge in [0.05, 0.1) is 0 Å². The van der Waals surface area contributed by atoms with Gasteiger partial charge in [-0.1, -0.05) is 6.58 Å². The normalized spacial score (nSPS) is 21.0. The zero-order chi connectivity index (χ0) is 35.6. The summed E-state index contributed by atoms with van der Waals surface area (Å²) < 4.78 is 7.68. The number of carbonyl (C=O) groups is 5. The first kappa shape index (κ1) is 35.2. The first-order valence-corrected chi connectivity index (χ1v) is 15.0. The van der Waals surface area contributed by atoms with Crippen LogP contribution >= 0.6 is 0 Å². The van der Waals surface area contributed by atoms with Crippen LogP contribution in [0.1, 0.15) is 74.1 Å². The molecular formula is C28H38N12O8. The molecule has 3 fully saturated rings. The summed E-state index contributed by atoms with van der Waals surface area (Å²) in [5, 5.41) is 19.1. The maximum atomic E-state index is 11.8. The van der Waals surface area contributed by atoms with Crippen molar-refractivity contribution in [1.82, 2.24) is 59.0 Å². The van der Waals surface area contributed by atoms with E-state index < -0.39 is 29.9 Å². The Bertz CT molecular complexity index is 1760. The molecule has 0 spiro atoms. The Hall–Kier alpha value is -5.69. The van der Waals surface area contributed by atoms with E-state index in [0.29, 0.717) is 48.9 Å². The Morgan fingerprint density at radius 1 is 0.521 bits per heavy atom. The number of rotatable bonds is 3. The molecule has 0 aliphatic carbocycles. The molecule has 0 bridgehead atoms. The summed E-state index contributed by atoms with van der Waals surface area (Å²) in [6.45, 7) is 8.80. The molecule has 258 valence electrons. The number of allylic oxidation sites excluding steroid dienone is 1. The summed E-state index contributed by atoms with van der Waals surface area (Å²) in [7, 11) is 4.82. The average Bonchev–Trinajstić information content (AvgIpc) is 3.54. The lowest BCUT2D eigenvalue weighted by atomic mass is 10.1. The number of aryl methyl sites for hydroxylation is 3. The van der Waals surface area contributed by atoms with Crippen molar-refractivity contribution in [2.45, 2.75) is 77.4 Å². The van der Waals surface area contributed by atoms with Crippen LogP contribution in [-0.2, 0) is 45.1 Å². The maximum Gasteiger partial charge on any atom is 0.346 e. The van der Waals surface area contributed by atoms with Crippen LogP contribution < -0.4 is 33.0 Å². The molecule has 0 radical (unpaired) electrons. The molecular weight excluding hydrogens is 632 g/mol. The van der Waals surface area contributed by atoms with Gasteiger partial charge in [0, 0.05) is 39.7 Å². The molecule has 3 saturated heterocycles. The van der Waals surface area contributed by atoms with E-state index in [2.05, 4.69) is 37.8 Å². The number of hydrogen-bond acceptors (Lipinski definition) is 11. The molecule has 3 atom stereocenters. The topological polar surface area (TPSA) is 241 Å².